The van der Waals surface area contributed by atoms with Crippen molar-refractivity contribution in [2.75, 3.05) is 55.9 Å². The van der Waals surface area contributed by atoms with Crippen molar-refractivity contribution in [3.05, 3.63) is 0 Å². The minimum atomic E-state index is -1.30. The maximum absolute atomic E-state index is 15.3. The number of carbonyl (C=O) groups excluding carboxylic acids is 11. The summed E-state index contributed by atoms with van der Waals surface area (Å²) in [6, 6.07) is -12.9. The summed E-state index contributed by atoms with van der Waals surface area (Å²) >= 11 is 0. The molecule has 4 N–H and O–H groups in total. The fraction of sp³-hybridized carbons (Fsp3) is 0.825. The lowest BCUT2D eigenvalue weighted by molar-refractivity contribution is -0.158. The Morgan fingerprint density at radius 2 is 0.849 bits per heavy atom. The van der Waals surface area contributed by atoms with Crippen molar-refractivity contribution in [1.82, 2.24) is 55.6 Å². The third-order valence-electron chi connectivity index (χ3n) is 17.2. The summed E-state index contributed by atoms with van der Waals surface area (Å²) in [6.07, 6.45) is 2.14. The lowest BCUT2D eigenvalue weighted by Gasteiger charge is -2.42. The summed E-state index contributed by atoms with van der Waals surface area (Å²) in [5.41, 5.74) is 0. The average molecular weight is 1220 g/mol. The molecule has 2 heterocycles. The van der Waals surface area contributed by atoms with E-state index in [2.05, 4.69) is 21.3 Å². The summed E-state index contributed by atoms with van der Waals surface area (Å²) < 4.78 is 6.42. The molecule has 0 aromatic heterocycles. The van der Waals surface area contributed by atoms with Crippen molar-refractivity contribution < 1.29 is 57.5 Å². The number of rotatable bonds is 12. The van der Waals surface area contributed by atoms with Crippen molar-refractivity contribution in [2.45, 2.75) is 242 Å². The molecule has 11 amide bonds. The Bertz CT molecular complexity index is 2350. The number of hydrogen-bond acceptors (Lipinski definition) is 12. The van der Waals surface area contributed by atoms with Crippen LogP contribution in [0.4, 0.5) is 0 Å². The zero-order chi connectivity index (χ0) is 66.3. The molecule has 0 saturated carbocycles. The zero-order valence-electron chi connectivity index (χ0n) is 56.9. The molecular weight excluding hydrogens is 1100 g/mol. The first kappa shape index (κ1) is 76.2. The van der Waals surface area contributed by atoms with E-state index < -0.39 is 149 Å². The van der Waals surface area contributed by atoms with Crippen LogP contribution in [0.3, 0.4) is 0 Å². The first-order chi connectivity index (χ1) is 39.8. The number of nitrogens with one attached hydrogen (secondary N) is 4. The second-order valence-corrected chi connectivity index (χ2v) is 27.0. The highest BCUT2D eigenvalue weighted by atomic mass is 16.5. The highest BCUT2D eigenvalue weighted by Gasteiger charge is 2.47. The van der Waals surface area contributed by atoms with Crippen molar-refractivity contribution in [3.63, 3.8) is 0 Å². The van der Waals surface area contributed by atoms with Crippen LogP contribution in [0.25, 0.3) is 0 Å². The molecule has 2 rings (SSSR count). The van der Waals surface area contributed by atoms with Gasteiger partial charge in [-0.3, -0.25) is 52.7 Å². The average Bonchev–Trinajstić information content (AvgIpc) is 3.22. The molecule has 2 fully saturated rings. The molecule has 0 aromatic carbocycles. The quantitative estimate of drug-likeness (QED) is 0.217. The molecule has 0 aromatic rings. The minimum Gasteiger partial charge on any atom is -0.375 e. The Hall–Kier alpha value is -5.87. The predicted molar refractivity (Wildman–Crippen MR) is 331 cm³/mol. The van der Waals surface area contributed by atoms with Gasteiger partial charge in [-0.15, -0.1) is 0 Å². The van der Waals surface area contributed by atoms with Crippen molar-refractivity contribution in [2.24, 2.45) is 41.4 Å². The van der Waals surface area contributed by atoms with Gasteiger partial charge < -0.3 is 60.3 Å². The number of nitrogens with zero attached hydrogens (tertiary/aromatic N) is 7. The SMILES string of the molecule is CC[C@H]1NC(=O)[C@@H]([C@@H]2OCCCC[C@H]2C)N(C)C(=O)[C@@H](C(C)C)N(C)C(=O)[C@@H](CC(C)C)N(C)C(=O)[C@H](CC(C)C)N(C)C(=O)[C@H](C)NC(=O)[C@@H](C)NC(=O)[C@@H](CC(C)C)N(C)C(=O)[C@@H](C(C)C)NC(=O)[C@H](CC(C)C)N(C)C(=O)[C@@H](C)N(C)C1=O. The van der Waals surface area contributed by atoms with Gasteiger partial charge in [-0.2, -0.15) is 0 Å². The Balaban J connectivity index is 2.99. The van der Waals surface area contributed by atoms with Gasteiger partial charge in [0, 0.05) is 55.9 Å². The van der Waals surface area contributed by atoms with E-state index in [1.165, 1.54) is 104 Å². The van der Waals surface area contributed by atoms with E-state index in [9.17, 15) is 33.6 Å². The van der Waals surface area contributed by atoms with Crippen molar-refractivity contribution in [3.8, 4) is 0 Å². The van der Waals surface area contributed by atoms with Gasteiger partial charge in [0.1, 0.15) is 66.5 Å². The Morgan fingerprint density at radius 1 is 0.419 bits per heavy atom. The third kappa shape index (κ3) is 20.1. The largest absolute Gasteiger partial charge is 0.375 e. The second kappa shape index (κ2) is 34.0. The van der Waals surface area contributed by atoms with Gasteiger partial charge in [0.15, 0.2) is 0 Å². The molecule has 2 aliphatic rings. The lowest BCUT2D eigenvalue weighted by atomic mass is 9.91. The molecule has 0 radical (unpaired) electrons. The van der Waals surface area contributed by atoms with E-state index in [1.54, 1.807) is 34.6 Å². The standard InChI is InChI=1S/C63H113N11O12/c1-25-44-59(81)68(18)43(17)58(80)69(19)46(31-35(4)5)55(77)67-49(38(10)11)62(84)70(20)45(30-34(2)3)54(76)64-41(15)53(75)65-42(16)57(79)71(21)47(32-36(6)7)60(82)72(22)48(33-37(8)9)61(83)73(23)50(39(12)13)63(85)74(24)51(56(78)66-44)52-40(14)28-26-27-29-86-52/h34-52H,25-33H2,1-24H3,(H,64,76)(H,65,75)(H,66,78)(H,67,77)/t40-,41-,42+,43-,44-,45-,46+,47+,48-,49-,50-,51-,52-/m1/s1. The van der Waals surface area contributed by atoms with Gasteiger partial charge in [-0.25, -0.2) is 0 Å². The van der Waals surface area contributed by atoms with Crippen LogP contribution in [0.15, 0.2) is 0 Å². The van der Waals surface area contributed by atoms with Gasteiger partial charge in [0.2, 0.25) is 65.0 Å². The predicted octanol–water partition coefficient (Wildman–Crippen LogP) is 3.90. The van der Waals surface area contributed by atoms with Crippen LogP contribution in [-0.4, -0.2) is 228 Å². The summed E-state index contributed by atoms with van der Waals surface area (Å²) in [4.78, 5) is 171. The maximum atomic E-state index is 15.3. The number of carbonyl (C=O) groups is 11. The summed E-state index contributed by atoms with van der Waals surface area (Å²) in [6.45, 7) is 30.5. The van der Waals surface area contributed by atoms with Crippen LogP contribution in [0.1, 0.15) is 169 Å². The van der Waals surface area contributed by atoms with Gasteiger partial charge in [0.05, 0.1) is 6.10 Å². The zero-order valence-corrected chi connectivity index (χ0v) is 56.9. The fourth-order valence-corrected chi connectivity index (χ4v) is 11.6. The lowest BCUT2D eigenvalue weighted by Crippen LogP contribution is -2.64. The highest BCUT2D eigenvalue weighted by Crippen LogP contribution is 2.29. The Morgan fingerprint density at radius 3 is 1.31 bits per heavy atom. The molecule has 0 unspecified atom stereocenters. The molecule has 0 spiro atoms. The summed E-state index contributed by atoms with van der Waals surface area (Å²) in [5, 5.41) is 11.2. The van der Waals surface area contributed by atoms with Gasteiger partial charge >= 0.3 is 0 Å². The topological polar surface area (TPSA) is 268 Å². The van der Waals surface area contributed by atoms with Crippen LogP contribution in [-0.2, 0) is 57.5 Å². The van der Waals surface area contributed by atoms with E-state index in [4.69, 9.17) is 4.74 Å². The molecule has 23 nitrogen and oxygen atoms in total. The Labute approximate surface area is 515 Å². The van der Waals surface area contributed by atoms with E-state index in [-0.39, 0.29) is 61.7 Å². The highest BCUT2D eigenvalue weighted by molar-refractivity contribution is 6.00. The minimum absolute atomic E-state index is 0.0820. The summed E-state index contributed by atoms with van der Waals surface area (Å²) in [7, 11) is 10.3. The Kier molecular flexibility index (Phi) is 30.2. The fourth-order valence-electron chi connectivity index (χ4n) is 11.6. The molecule has 2 saturated heterocycles. The van der Waals surface area contributed by atoms with Crippen LogP contribution < -0.4 is 21.3 Å². The maximum Gasteiger partial charge on any atom is 0.246 e. The van der Waals surface area contributed by atoms with Crippen LogP contribution in [0.5, 0.6) is 0 Å². The first-order valence-electron chi connectivity index (χ1n) is 31.5. The van der Waals surface area contributed by atoms with E-state index in [0.717, 1.165) is 6.42 Å². The molecule has 0 bridgehead atoms. The number of hydrogen-bond donors (Lipinski definition) is 4. The van der Waals surface area contributed by atoms with Crippen LogP contribution in [0, 0.1) is 41.4 Å². The van der Waals surface area contributed by atoms with Gasteiger partial charge in [-0.05, 0) is 107 Å². The van der Waals surface area contributed by atoms with E-state index in [0.29, 0.717) is 19.4 Å². The molecule has 0 aliphatic carbocycles. The second-order valence-electron chi connectivity index (χ2n) is 27.0. The normalized spacial score (nSPS) is 29.7. The number of ether oxygens (including phenoxy) is 1. The van der Waals surface area contributed by atoms with E-state index >= 15 is 19.2 Å². The first-order valence-corrected chi connectivity index (χ1v) is 31.5. The molecular formula is C63H113N11O12. The third-order valence-corrected chi connectivity index (χ3v) is 17.2. The smallest absolute Gasteiger partial charge is 0.246 e. The van der Waals surface area contributed by atoms with E-state index in [1.807, 2.05) is 62.3 Å². The molecule has 13 atom stereocenters. The van der Waals surface area contributed by atoms with Crippen molar-refractivity contribution in [1.29, 1.82) is 0 Å². The van der Waals surface area contributed by atoms with Gasteiger partial charge in [-0.1, -0.05) is 103 Å². The number of likely N-dealkylation sites (N-methyl/N-ethyl adjacent to an activating group) is 7. The van der Waals surface area contributed by atoms with Crippen molar-refractivity contribution >= 4 is 65.0 Å². The summed E-state index contributed by atoms with van der Waals surface area (Å²) in [5.74, 6) is -8.63. The molecule has 23 heteroatoms. The van der Waals surface area contributed by atoms with Gasteiger partial charge in [0.25, 0.3) is 0 Å². The van der Waals surface area contributed by atoms with Crippen LogP contribution >= 0.6 is 0 Å². The molecule has 2 aliphatic heterocycles. The molecule has 86 heavy (non-hydrogen) atoms. The monoisotopic (exact) mass is 1220 g/mol. The number of amides is 11. The molecule has 492 valence electrons. The van der Waals surface area contributed by atoms with Crippen LogP contribution in [0.2, 0.25) is 0 Å².